The van der Waals surface area contributed by atoms with E-state index in [1.54, 1.807) is 0 Å². The van der Waals surface area contributed by atoms with Gasteiger partial charge in [-0.15, -0.1) is 0 Å². The molecular weight excluding hydrogens is 424 g/mol. The molecule has 1 heterocycles. The van der Waals surface area contributed by atoms with E-state index >= 15 is 0 Å². The Morgan fingerprint density at radius 3 is 2.30 bits per heavy atom. The Labute approximate surface area is 194 Å². The van der Waals surface area contributed by atoms with Crippen LogP contribution in [0.5, 0.6) is 5.75 Å². The highest BCUT2D eigenvalue weighted by Crippen LogP contribution is 2.28. The van der Waals surface area contributed by atoms with Crippen molar-refractivity contribution >= 4 is 17.8 Å². The zero-order chi connectivity index (χ0) is 24.4. The number of benzene rings is 2. The molecule has 0 saturated heterocycles. The van der Waals surface area contributed by atoms with Crippen molar-refractivity contribution < 1.29 is 29.0 Å². The van der Waals surface area contributed by atoms with Crippen molar-refractivity contribution in [2.24, 2.45) is 11.7 Å². The number of rotatable bonds is 8. The molecule has 1 unspecified atom stereocenters. The molecule has 0 fully saturated rings. The number of aliphatic carboxylic acids is 1. The summed E-state index contributed by atoms with van der Waals surface area (Å²) >= 11 is 0. The summed E-state index contributed by atoms with van der Waals surface area (Å²) in [5, 5.41) is 11.1. The van der Waals surface area contributed by atoms with E-state index in [0.717, 1.165) is 16.9 Å². The molecule has 1 aliphatic rings. The zero-order valence-electron chi connectivity index (χ0n) is 19.2. The highest BCUT2D eigenvalue weighted by atomic mass is 16.5. The molecular formula is C25H32N2O6. The Morgan fingerprint density at radius 2 is 1.76 bits per heavy atom. The Morgan fingerprint density at radius 1 is 1.12 bits per heavy atom. The third-order valence-electron chi connectivity index (χ3n) is 5.07. The van der Waals surface area contributed by atoms with Gasteiger partial charge in [-0.1, -0.05) is 62.4 Å². The Hall–Kier alpha value is -3.39. The van der Waals surface area contributed by atoms with Gasteiger partial charge in [-0.3, -0.25) is 9.59 Å². The SMILES string of the molecule is CC(C)CC(N)C(=O)O.COC(=O)[C@H](Cc1ccccc1)NC(=O)[C@@H]1Cc2ccccc2O1. The molecule has 3 rings (SSSR count). The minimum absolute atomic E-state index is 0.308. The van der Waals surface area contributed by atoms with Crippen molar-refractivity contribution in [3.63, 3.8) is 0 Å². The second-order valence-electron chi connectivity index (χ2n) is 8.27. The van der Waals surface area contributed by atoms with Gasteiger partial charge in [-0.25, -0.2) is 4.79 Å². The van der Waals surface area contributed by atoms with Gasteiger partial charge in [0.2, 0.25) is 0 Å². The second kappa shape index (κ2) is 12.6. The first-order valence-corrected chi connectivity index (χ1v) is 10.9. The third kappa shape index (κ3) is 8.23. The molecule has 0 saturated carbocycles. The molecule has 8 nitrogen and oxygen atoms in total. The van der Waals surface area contributed by atoms with Gasteiger partial charge >= 0.3 is 11.9 Å². The van der Waals surface area contributed by atoms with Gasteiger partial charge in [0.25, 0.3) is 5.91 Å². The summed E-state index contributed by atoms with van der Waals surface area (Å²) in [5.41, 5.74) is 7.16. The maximum absolute atomic E-state index is 12.5. The number of fused-ring (bicyclic) bond motifs is 1. The number of para-hydroxylation sites is 1. The molecule has 0 bridgehead atoms. The Bertz CT molecular complexity index is 907. The van der Waals surface area contributed by atoms with Crippen LogP contribution < -0.4 is 15.8 Å². The molecule has 3 atom stereocenters. The third-order valence-corrected chi connectivity index (χ3v) is 5.07. The first-order chi connectivity index (χ1) is 15.7. The van der Waals surface area contributed by atoms with Gasteiger partial charge in [0, 0.05) is 12.8 Å². The number of carboxylic acids is 1. The van der Waals surface area contributed by atoms with Crippen LogP contribution in [0.25, 0.3) is 0 Å². The lowest BCUT2D eigenvalue weighted by Gasteiger charge is -2.19. The van der Waals surface area contributed by atoms with Crippen molar-refractivity contribution in [2.45, 2.75) is 51.3 Å². The number of esters is 1. The highest BCUT2D eigenvalue weighted by Gasteiger charge is 2.32. The summed E-state index contributed by atoms with van der Waals surface area (Å²) in [5.74, 6) is -0.615. The van der Waals surface area contributed by atoms with Gasteiger partial charge in [0.1, 0.15) is 17.8 Å². The number of nitrogens with two attached hydrogens (primary N) is 1. The summed E-state index contributed by atoms with van der Waals surface area (Å²) in [6.07, 6.45) is 0.806. The maximum Gasteiger partial charge on any atom is 0.328 e. The number of hydrogen-bond acceptors (Lipinski definition) is 6. The Balaban J connectivity index is 0.000000365. The fourth-order valence-electron chi connectivity index (χ4n) is 3.39. The predicted octanol–water partition coefficient (Wildman–Crippen LogP) is 2.34. The maximum atomic E-state index is 12.5. The summed E-state index contributed by atoms with van der Waals surface area (Å²) < 4.78 is 10.5. The molecule has 0 spiro atoms. The van der Waals surface area contributed by atoms with Gasteiger partial charge in [-0.2, -0.15) is 0 Å². The topological polar surface area (TPSA) is 128 Å². The Kier molecular flexibility index (Phi) is 9.87. The lowest BCUT2D eigenvalue weighted by atomic mass is 10.0. The predicted molar refractivity (Wildman–Crippen MR) is 124 cm³/mol. The van der Waals surface area contributed by atoms with Crippen molar-refractivity contribution in [2.75, 3.05) is 7.11 Å². The van der Waals surface area contributed by atoms with Gasteiger partial charge in [0.15, 0.2) is 6.10 Å². The summed E-state index contributed by atoms with van der Waals surface area (Å²) in [4.78, 5) is 34.6. The minimum atomic E-state index is -0.913. The van der Waals surface area contributed by atoms with Crippen molar-refractivity contribution in [1.82, 2.24) is 5.32 Å². The van der Waals surface area contributed by atoms with E-state index < -0.39 is 30.1 Å². The number of carboxylic acid groups (broad SMARTS) is 1. The van der Waals surface area contributed by atoms with E-state index in [9.17, 15) is 14.4 Å². The van der Waals surface area contributed by atoms with E-state index in [4.69, 9.17) is 20.3 Å². The molecule has 1 amide bonds. The van der Waals surface area contributed by atoms with Crippen molar-refractivity contribution in [3.05, 3.63) is 65.7 Å². The van der Waals surface area contributed by atoms with Gasteiger partial charge in [0.05, 0.1) is 7.11 Å². The second-order valence-corrected chi connectivity index (χ2v) is 8.27. The number of carbonyl (C=O) groups is 3. The zero-order valence-corrected chi connectivity index (χ0v) is 19.2. The van der Waals surface area contributed by atoms with E-state index in [1.165, 1.54) is 7.11 Å². The average molecular weight is 457 g/mol. The molecule has 4 N–H and O–H groups in total. The van der Waals surface area contributed by atoms with Crippen molar-refractivity contribution in [1.29, 1.82) is 0 Å². The van der Waals surface area contributed by atoms with Crippen LogP contribution in [0.4, 0.5) is 0 Å². The van der Waals surface area contributed by atoms with Crippen LogP contribution in [0.3, 0.4) is 0 Å². The van der Waals surface area contributed by atoms with Crippen LogP contribution in [0.2, 0.25) is 0 Å². The monoisotopic (exact) mass is 456 g/mol. The number of methoxy groups -OCH3 is 1. The number of nitrogens with one attached hydrogen (secondary N) is 1. The van der Waals surface area contributed by atoms with Gasteiger partial charge in [-0.05, 0) is 29.5 Å². The first kappa shape index (κ1) is 25.9. The number of hydrogen-bond donors (Lipinski definition) is 3. The van der Waals surface area contributed by atoms with Gasteiger partial charge < -0.3 is 25.6 Å². The number of carbonyl (C=O) groups excluding carboxylic acids is 2. The lowest BCUT2D eigenvalue weighted by molar-refractivity contribution is -0.145. The smallest absolute Gasteiger partial charge is 0.328 e. The van der Waals surface area contributed by atoms with E-state index in [0.29, 0.717) is 25.2 Å². The van der Waals surface area contributed by atoms with E-state index in [1.807, 2.05) is 68.4 Å². The molecule has 0 aliphatic carbocycles. The minimum Gasteiger partial charge on any atom is -0.480 e. The summed E-state index contributed by atoms with van der Waals surface area (Å²) in [6, 6.07) is 15.6. The standard InChI is InChI=1S/C19H19NO4.C6H13NO2/c1-23-19(22)15(11-13-7-3-2-4-8-13)20-18(21)17-12-14-9-5-6-10-16(14)24-17;1-4(2)3-5(7)6(8)9/h2-10,15,17H,11-12H2,1H3,(H,20,21);4-5H,3,7H2,1-2H3,(H,8,9)/t15-,17-;/m0./s1. The number of amides is 1. The molecule has 2 aromatic rings. The normalized spacial score (nSPS) is 15.8. The van der Waals surface area contributed by atoms with Crippen molar-refractivity contribution in [3.8, 4) is 5.75 Å². The molecule has 0 aromatic heterocycles. The van der Waals surface area contributed by atoms with Crippen LogP contribution in [0.15, 0.2) is 54.6 Å². The molecule has 2 aromatic carbocycles. The average Bonchev–Trinajstić information content (AvgIpc) is 3.23. The van der Waals surface area contributed by atoms with Crippen LogP contribution in [0.1, 0.15) is 31.4 Å². The fraction of sp³-hybridized carbons (Fsp3) is 0.400. The molecule has 33 heavy (non-hydrogen) atoms. The molecule has 178 valence electrons. The first-order valence-electron chi connectivity index (χ1n) is 10.9. The van der Waals surface area contributed by atoms with Crippen LogP contribution >= 0.6 is 0 Å². The van der Waals surface area contributed by atoms with Crippen LogP contribution in [-0.4, -0.2) is 48.2 Å². The summed E-state index contributed by atoms with van der Waals surface area (Å²) in [6.45, 7) is 3.89. The van der Waals surface area contributed by atoms with Crippen LogP contribution in [-0.2, 0) is 32.0 Å². The highest BCUT2D eigenvalue weighted by molar-refractivity contribution is 5.88. The largest absolute Gasteiger partial charge is 0.480 e. The van der Waals surface area contributed by atoms with E-state index in [2.05, 4.69) is 5.32 Å². The van der Waals surface area contributed by atoms with E-state index in [-0.39, 0.29) is 5.91 Å². The number of ether oxygens (including phenoxy) is 2. The molecule has 0 radical (unpaired) electrons. The fourth-order valence-corrected chi connectivity index (χ4v) is 3.39. The lowest BCUT2D eigenvalue weighted by Crippen LogP contribution is -2.48. The van der Waals surface area contributed by atoms with Crippen LogP contribution in [0, 0.1) is 5.92 Å². The molecule has 1 aliphatic heterocycles. The molecule has 8 heteroatoms. The quantitative estimate of drug-likeness (QED) is 0.520. The summed E-state index contributed by atoms with van der Waals surface area (Å²) in [7, 11) is 1.31.